The van der Waals surface area contributed by atoms with E-state index >= 15 is 0 Å². The third-order valence-electron chi connectivity index (χ3n) is 4.71. The maximum absolute atomic E-state index is 13.1. The first-order chi connectivity index (χ1) is 12.4. The van der Waals surface area contributed by atoms with Gasteiger partial charge in [-0.25, -0.2) is 9.80 Å². The van der Waals surface area contributed by atoms with Crippen LogP contribution in [0.4, 0.5) is 5.95 Å². The van der Waals surface area contributed by atoms with Gasteiger partial charge >= 0.3 is 5.69 Å². The molecule has 0 amide bonds. The van der Waals surface area contributed by atoms with Crippen molar-refractivity contribution in [2.24, 2.45) is 12.1 Å². The van der Waals surface area contributed by atoms with Crippen LogP contribution >= 0.6 is 0 Å². The molecule has 0 spiro atoms. The number of imidazole rings is 1. The lowest BCUT2D eigenvalue weighted by molar-refractivity contribution is 0.289. The van der Waals surface area contributed by atoms with E-state index in [9.17, 15) is 9.59 Å². The highest BCUT2D eigenvalue weighted by Crippen LogP contribution is 2.29. The van der Waals surface area contributed by atoms with Gasteiger partial charge in [-0.3, -0.25) is 18.5 Å². The highest BCUT2D eigenvalue weighted by atomic mass is 16.3. The number of aliphatic hydroxyl groups is 1. The minimum absolute atomic E-state index is 0.0372. The van der Waals surface area contributed by atoms with E-state index < -0.39 is 5.69 Å². The molecule has 0 radical (unpaired) electrons. The Bertz CT molecular complexity index is 1010. The van der Waals surface area contributed by atoms with Crippen LogP contribution in [0.15, 0.2) is 26.8 Å². The van der Waals surface area contributed by atoms with Crippen molar-refractivity contribution < 1.29 is 5.11 Å². The van der Waals surface area contributed by atoms with Gasteiger partial charge in [-0.05, 0) is 27.2 Å². The Morgan fingerprint density at radius 1 is 1.31 bits per heavy atom. The van der Waals surface area contributed by atoms with Crippen LogP contribution in [0.25, 0.3) is 11.2 Å². The molecule has 26 heavy (non-hydrogen) atoms. The first kappa shape index (κ1) is 18.1. The molecule has 1 aliphatic heterocycles. The number of anilines is 1. The third kappa shape index (κ3) is 2.68. The lowest BCUT2D eigenvalue weighted by Crippen LogP contribution is -2.40. The van der Waals surface area contributed by atoms with Crippen molar-refractivity contribution in [1.82, 2.24) is 18.7 Å². The van der Waals surface area contributed by atoms with E-state index in [-0.39, 0.29) is 24.8 Å². The Labute approximate surface area is 150 Å². The second-order valence-electron chi connectivity index (χ2n) is 6.40. The van der Waals surface area contributed by atoms with Gasteiger partial charge in [-0.1, -0.05) is 12.2 Å². The zero-order chi connectivity index (χ0) is 19.0. The lowest BCUT2D eigenvalue weighted by Gasteiger charge is -2.29. The molecule has 9 nitrogen and oxygen atoms in total. The van der Waals surface area contributed by atoms with Crippen LogP contribution in [0.3, 0.4) is 0 Å². The topological polar surface area (TPSA) is 97.7 Å². The first-order valence-corrected chi connectivity index (χ1v) is 8.68. The molecule has 0 fully saturated rings. The summed E-state index contributed by atoms with van der Waals surface area (Å²) in [6, 6.07) is -0.152. The Morgan fingerprint density at radius 2 is 2.04 bits per heavy atom. The molecule has 0 saturated heterocycles. The number of hydrazone groups is 1. The quantitative estimate of drug-likeness (QED) is 0.788. The van der Waals surface area contributed by atoms with Crippen molar-refractivity contribution in [2.75, 3.05) is 18.2 Å². The number of aryl methyl sites for hydroxylation is 1. The van der Waals surface area contributed by atoms with Crippen LogP contribution in [-0.4, -0.2) is 42.7 Å². The standard InChI is InChI=1S/C17H24N6O3/c1-5-6-8-21-15(25)13-14(20(4)17(21)26)18-16-22(9-7-10-24)19-11(2)12(3)23(13)16/h5-6,12,24H,7-10H2,1-4H3/b6-5+/t12-/m0/s1. The molecule has 0 bridgehead atoms. The Hall–Kier alpha value is -2.68. The average molecular weight is 360 g/mol. The van der Waals surface area contributed by atoms with Crippen molar-refractivity contribution in [3.63, 3.8) is 0 Å². The largest absolute Gasteiger partial charge is 0.396 e. The van der Waals surface area contributed by atoms with Gasteiger partial charge in [0, 0.05) is 26.7 Å². The van der Waals surface area contributed by atoms with E-state index in [1.807, 2.05) is 25.3 Å². The summed E-state index contributed by atoms with van der Waals surface area (Å²) in [5.41, 5.74) is 0.815. The molecule has 2 aromatic rings. The van der Waals surface area contributed by atoms with Gasteiger partial charge in [-0.15, -0.1) is 0 Å². The van der Waals surface area contributed by atoms with Crippen molar-refractivity contribution in [3.05, 3.63) is 33.0 Å². The number of allylic oxidation sites excluding steroid dienone is 2. The summed E-state index contributed by atoms with van der Waals surface area (Å²) in [5, 5.41) is 15.4. The first-order valence-electron chi connectivity index (χ1n) is 8.68. The van der Waals surface area contributed by atoms with E-state index in [4.69, 9.17) is 5.11 Å². The fraction of sp³-hybridized carbons (Fsp3) is 0.529. The number of hydrogen-bond donors (Lipinski definition) is 1. The number of aromatic nitrogens is 4. The van der Waals surface area contributed by atoms with Crippen LogP contribution in [0, 0.1) is 0 Å². The lowest BCUT2D eigenvalue weighted by atomic mass is 10.2. The maximum atomic E-state index is 13.1. The highest BCUT2D eigenvalue weighted by Gasteiger charge is 2.30. The molecule has 2 aromatic heterocycles. The maximum Gasteiger partial charge on any atom is 0.332 e. The SMILES string of the molecule is C/C=C/Cn1c(=O)c2c(nc3n2[C@@H](C)C(C)=NN3CCCO)n(C)c1=O. The number of aliphatic hydroxyl groups excluding tert-OH is 1. The summed E-state index contributed by atoms with van der Waals surface area (Å²) < 4.78 is 4.45. The minimum atomic E-state index is -0.400. The highest BCUT2D eigenvalue weighted by molar-refractivity contribution is 5.91. The fourth-order valence-corrected chi connectivity index (χ4v) is 3.12. The average Bonchev–Trinajstić information content (AvgIpc) is 3.03. The summed E-state index contributed by atoms with van der Waals surface area (Å²) in [5.74, 6) is 0.516. The van der Waals surface area contributed by atoms with Crippen LogP contribution in [0.2, 0.25) is 0 Å². The summed E-state index contributed by atoms with van der Waals surface area (Å²) in [7, 11) is 1.62. The van der Waals surface area contributed by atoms with E-state index in [0.29, 0.717) is 30.1 Å². The van der Waals surface area contributed by atoms with E-state index in [2.05, 4.69) is 10.1 Å². The van der Waals surface area contributed by atoms with Crippen LogP contribution in [0.5, 0.6) is 0 Å². The molecule has 0 aromatic carbocycles. The van der Waals surface area contributed by atoms with Gasteiger partial charge in [-0.2, -0.15) is 10.1 Å². The fourth-order valence-electron chi connectivity index (χ4n) is 3.12. The second-order valence-corrected chi connectivity index (χ2v) is 6.40. The molecule has 0 unspecified atom stereocenters. The Kier molecular flexibility index (Phi) is 4.82. The molecule has 1 N–H and O–H groups in total. The van der Waals surface area contributed by atoms with E-state index in [1.165, 1.54) is 9.13 Å². The Morgan fingerprint density at radius 3 is 2.69 bits per heavy atom. The summed E-state index contributed by atoms with van der Waals surface area (Å²) in [6.07, 6.45) is 4.10. The minimum Gasteiger partial charge on any atom is -0.396 e. The van der Waals surface area contributed by atoms with Gasteiger partial charge < -0.3 is 5.11 Å². The zero-order valence-corrected chi connectivity index (χ0v) is 15.5. The van der Waals surface area contributed by atoms with E-state index in [0.717, 1.165) is 5.71 Å². The normalized spacial score (nSPS) is 17.2. The summed E-state index contributed by atoms with van der Waals surface area (Å²) in [6.45, 7) is 6.42. The number of fused-ring (bicyclic) bond motifs is 3. The van der Waals surface area contributed by atoms with Crippen molar-refractivity contribution in [1.29, 1.82) is 0 Å². The van der Waals surface area contributed by atoms with Gasteiger partial charge in [0.2, 0.25) is 5.95 Å². The second kappa shape index (κ2) is 6.91. The molecular formula is C17H24N6O3. The van der Waals surface area contributed by atoms with Gasteiger partial charge in [0.05, 0.1) is 11.8 Å². The van der Waals surface area contributed by atoms with Crippen LogP contribution in [-0.2, 0) is 13.6 Å². The zero-order valence-electron chi connectivity index (χ0n) is 15.5. The number of nitrogens with zero attached hydrogens (tertiary/aromatic N) is 6. The van der Waals surface area contributed by atoms with Crippen LogP contribution in [0.1, 0.15) is 33.2 Å². The molecule has 1 aliphatic rings. The Balaban J connectivity index is 2.32. The number of rotatable bonds is 5. The van der Waals surface area contributed by atoms with Gasteiger partial charge in [0.1, 0.15) is 0 Å². The van der Waals surface area contributed by atoms with Gasteiger partial charge in [0.25, 0.3) is 5.56 Å². The summed E-state index contributed by atoms with van der Waals surface area (Å²) in [4.78, 5) is 30.2. The molecule has 140 valence electrons. The molecule has 0 saturated carbocycles. The molecule has 0 aliphatic carbocycles. The molecule has 3 rings (SSSR count). The number of hydrogen-bond acceptors (Lipinski definition) is 6. The third-order valence-corrected chi connectivity index (χ3v) is 4.71. The van der Waals surface area contributed by atoms with Crippen molar-refractivity contribution >= 4 is 22.8 Å². The van der Waals surface area contributed by atoms with Crippen LogP contribution < -0.4 is 16.3 Å². The monoisotopic (exact) mass is 360 g/mol. The molecule has 9 heteroatoms. The predicted octanol–water partition coefficient (Wildman–Crippen LogP) is 0.612. The smallest absolute Gasteiger partial charge is 0.332 e. The van der Waals surface area contributed by atoms with Crippen molar-refractivity contribution in [3.8, 4) is 0 Å². The molecular weight excluding hydrogens is 336 g/mol. The molecule has 1 atom stereocenters. The van der Waals surface area contributed by atoms with Crippen molar-refractivity contribution in [2.45, 2.75) is 39.8 Å². The predicted molar refractivity (Wildman–Crippen MR) is 101 cm³/mol. The van der Waals surface area contributed by atoms with E-state index in [1.54, 1.807) is 24.2 Å². The summed E-state index contributed by atoms with van der Waals surface area (Å²) >= 11 is 0. The molecule has 3 heterocycles. The van der Waals surface area contributed by atoms with Gasteiger partial charge in [0.15, 0.2) is 11.2 Å².